The number of hydrogen-bond donors (Lipinski definition) is 1. The van der Waals surface area contributed by atoms with E-state index >= 15 is 0 Å². The van der Waals surface area contributed by atoms with E-state index in [0.29, 0.717) is 5.92 Å². The normalized spacial score (nSPS) is 14.2. The van der Waals surface area contributed by atoms with E-state index in [-0.39, 0.29) is 11.5 Å². The fourth-order valence-electron chi connectivity index (χ4n) is 1.81. The molecule has 0 saturated heterocycles. The Kier molecular flexibility index (Phi) is 4.15. The average Bonchev–Trinajstić information content (AvgIpc) is 2.15. The minimum atomic E-state index is -0.388. The van der Waals surface area contributed by atoms with Crippen LogP contribution >= 0.6 is 0 Å². The number of aliphatic hydroxyl groups is 1. The van der Waals surface area contributed by atoms with E-state index < -0.39 is 0 Å². The minimum Gasteiger partial charge on any atom is -0.388 e. The van der Waals surface area contributed by atoms with Crippen molar-refractivity contribution in [3.05, 3.63) is 35.4 Å². The summed E-state index contributed by atoms with van der Waals surface area (Å²) in [6.07, 6.45) is 0.715. The molecule has 0 radical (unpaired) electrons. The van der Waals surface area contributed by atoms with Gasteiger partial charge in [0.05, 0.1) is 6.10 Å². The first-order chi connectivity index (χ1) is 7.30. The van der Waals surface area contributed by atoms with Crippen molar-refractivity contribution >= 4 is 0 Å². The molecule has 1 N–H and O–H groups in total. The molecule has 0 aliphatic heterocycles. The van der Waals surface area contributed by atoms with Gasteiger partial charge in [0.2, 0.25) is 0 Å². The lowest BCUT2D eigenvalue weighted by atomic mass is 9.84. The molecule has 0 saturated carbocycles. The van der Waals surface area contributed by atoms with Gasteiger partial charge in [0, 0.05) is 0 Å². The quantitative estimate of drug-likeness (QED) is 0.817. The smallest absolute Gasteiger partial charge is 0.0838 e. The number of benzene rings is 1. The van der Waals surface area contributed by atoms with Gasteiger partial charge in [-0.05, 0) is 28.9 Å². The molecular formula is C15H24O. The van der Waals surface area contributed by atoms with Gasteiger partial charge in [-0.3, -0.25) is 0 Å². The highest BCUT2D eigenvalue weighted by Gasteiger charge is 2.23. The van der Waals surface area contributed by atoms with Gasteiger partial charge in [0.15, 0.2) is 0 Å². The topological polar surface area (TPSA) is 20.2 Å². The van der Waals surface area contributed by atoms with Gasteiger partial charge in [0.1, 0.15) is 0 Å². The lowest BCUT2D eigenvalue weighted by Crippen LogP contribution is -2.17. The maximum Gasteiger partial charge on any atom is 0.0838 e. The molecule has 1 atom stereocenters. The molecule has 0 aromatic heterocycles. The third-order valence-electron chi connectivity index (χ3n) is 2.76. The maximum atomic E-state index is 10.1. The van der Waals surface area contributed by atoms with Gasteiger partial charge in [-0.2, -0.15) is 0 Å². The zero-order valence-electron chi connectivity index (χ0n) is 11.1. The van der Waals surface area contributed by atoms with Crippen LogP contribution in [0.5, 0.6) is 0 Å². The van der Waals surface area contributed by atoms with Crippen molar-refractivity contribution < 1.29 is 5.11 Å². The van der Waals surface area contributed by atoms with Crippen molar-refractivity contribution in [3.8, 4) is 0 Å². The predicted octanol–water partition coefficient (Wildman–Crippen LogP) is 3.96. The summed E-state index contributed by atoms with van der Waals surface area (Å²) in [6, 6.07) is 8.36. The summed E-state index contributed by atoms with van der Waals surface area (Å²) in [5.74, 6) is 0.679. The first-order valence-corrected chi connectivity index (χ1v) is 6.07. The Balaban J connectivity index is 2.79. The van der Waals surface area contributed by atoms with E-state index in [1.807, 2.05) is 12.1 Å². The van der Waals surface area contributed by atoms with Crippen LogP contribution in [0, 0.1) is 11.3 Å². The van der Waals surface area contributed by atoms with E-state index in [9.17, 15) is 5.11 Å². The van der Waals surface area contributed by atoms with Gasteiger partial charge in [-0.15, -0.1) is 0 Å². The monoisotopic (exact) mass is 220 g/mol. The number of rotatable bonds is 3. The molecule has 1 unspecified atom stereocenters. The Labute approximate surface area is 99.5 Å². The summed E-state index contributed by atoms with van der Waals surface area (Å²) in [4.78, 5) is 0. The second kappa shape index (κ2) is 5.01. The van der Waals surface area contributed by atoms with Crippen molar-refractivity contribution in [1.82, 2.24) is 0 Å². The van der Waals surface area contributed by atoms with Crippen molar-refractivity contribution in [3.63, 3.8) is 0 Å². The zero-order chi connectivity index (χ0) is 12.3. The highest BCUT2D eigenvalue weighted by Crippen LogP contribution is 2.32. The number of hydrogen-bond acceptors (Lipinski definition) is 1. The molecule has 1 nitrogen and oxygen atoms in total. The Morgan fingerprint density at radius 2 is 1.56 bits per heavy atom. The molecule has 1 heteroatoms. The van der Waals surface area contributed by atoms with Gasteiger partial charge >= 0.3 is 0 Å². The zero-order valence-corrected chi connectivity index (χ0v) is 11.1. The van der Waals surface area contributed by atoms with Crippen LogP contribution in [0.2, 0.25) is 0 Å². The molecule has 0 aliphatic rings. The van der Waals surface area contributed by atoms with Crippen molar-refractivity contribution in [2.24, 2.45) is 11.3 Å². The van der Waals surface area contributed by atoms with Gasteiger partial charge < -0.3 is 5.11 Å². The summed E-state index contributed by atoms with van der Waals surface area (Å²) in [6.45, 7) is 10.6. The SMILES string of the molecule is CC(C)Cc1ccc(C(O)C(C)(C)C)cc1. The summed E-state index contributed by atoms with van der Waals surface area (Å²) >= 11 is 0. The molecular weight excluding hydrogens is 196 g/mol. The third-order valence-corrected chi connectivity index (χ3v) is 2.76. The highest BCUT2D eigenvalue weighted by molar-refractivity contribution is 5.25. The first kappa shape index (κ1) is 13.2. The van der Waals surface area contributed by atoms with Crippen LogP contribution in [0.1, 0.15) is 51.8 Å². The van der Waals surface area contributed by atoms with Gasteiger partial charge in [0.25, 0.3) is 0 Å². The summed E-state index contributed by atoms with van der Waals surface area (Å²) in [5.41, 5.74) is 2.26. The Bertz CT molecular complexity index is 316. The molecule has 0 fully saturated rings. The van der Waals surface area contributed by atoms with Crippen LogP contribution in [0.25, 0.3) is 0 Å². The molecule has 0 spiro atoms. The largest absolute Gasteiger partial charge is 0.388 e. The van der Waals surface area contributed by atoms with Crippen LogP contribution in [-0.2, 0) is 6.42 Å². The minimum absolute atomic E-state index is 0.0977. The summed E-state index contributed by atoms with van der Waals surface area (Å²) < 4.78 is 0. The predicted molar refractivity (Wildman–Crippen MR) is 69.4 cm³/mol. The fraction of sp³-hybridized carbons (Fsp3) is 0.600. The Morgan fingerprint density at radius 3 is 1.94 bits per heavy atom. The molecule has 16 heavy (non-hydrogen) atoms. The molecule has 0 heterocycles. The fourth-order valence-corrected chi connectivity index (χ4v) is 1.81. The lowest BCUT2D eigenvalue weighted by molar-refractivity contribution is 0.0626. The van der Waals surface area contributed by atoms with Crippen LogP contribution in [0.15, 0.2) is 24.3 Å². The molecule has 0 bridgehead atoms. The first-order valence-electron chi connectivity index (χ1n) is 6.07. The Hall–Kier alpha value is -0.820. The Morgan fingerprint density at radius 1 is 1.06 bits per heavy atom. The van der Waals surface area contributed by atoms with Crippen LogP contribution in [-0.4, -0.2) is 5.11 Å². The molecule has 90 valence electrons. The lowest BCUT2D eigenvalue weighted by Gasteiger charge is -2.26. The summed E-state index contributed by atoms with van der Waals surface area (Å²) in [7, 11) is 0. The van der Waals surface area contributed by atoms with Crippen molar-refractivity contribution in [1.29, 1.82) is 0 Å². The van der Waals surface area contributed by atoms with E-state index in [4.69, 9.17) is 0 Å². The van der Waals surface area contributed by atoms with Crippen LogP contribution in [0.4, 0.5) is 0 Å². The van der Waals surface area contributed by atoms with Gasteiger partial charge in [-0.25, -0.2) is 0 Å². The summed E-state index contributed by atoms with van der Waals surface area (Å²) in [5, 5.41) is 10.1. The average molecular weight is 220 g/mol. The third kappa shape index (κ3) is 3.64. The second-order valence-electron chi connectivity index (χ2n) is 6.11. The molecule has 0 amide bonds. The van der Waals surface area contributed by atoms with Crippen molar-refractivity contribution in [2.45, 2.75) is 47.1 Å². The second-order valence-corrected chi connectivity index (χ2v) is 6.11. The van der Waals surface area contributed by atoms with E-state index in [0.717, 1.165) is 12.0 Å². The maximum absolute atomic E-state index is 10.1. The van der Waals surface area contributed by atoms with Crippen LogP contribution in [0.3, 0.4) is 0 Å². The van der Waals surface area contributed by atoms with E-state index in [2.05, 4.69) is 46.8 Å². The molecule has 0 aliphatic carbocycles. The molecule has 1 rings (SSSR count). The standard InChI is InChI=1S/C15H24O/c1-11(2)10-12-6-8-13(9-7-12)14(16)15(3,4)5/h6-9,11,14,16H,10H2,1-5H3. The highest BCUT2D eigenvalue weighted by atomic mass is 16.3. The van der Waals surface area contributed by atoms with E-state index in [1.165, 1.54) is 5.56 Å². The molecule has 1 aromatic carbocycles. The van der Waals surface area contributed by atoms with Gasteiger partial charge in [-0.1, -0.05) is 58.9 Å². The number of aliphatic hydroxyl groups excluding tert-OH is 1. The molecule has 1 aromatic rings. The van der Waals surface area contributed by atoms with Crippen molar-refractivity contribution in [2.75, 3.05) is 0 Å². The van der Waals surface area contributed by atoms with E-state index in [1.54, 1.807) is 0 Å². The van der Waals surface area contributed by atoms with Crippen LogP contribution < -0.4 is 0 Å².